The summed E-state index contributed by atoms with van der Waals surface area (Å²) >= 11 is 1.17. The quantitative estimate of drug-likeness (QED) is 0.499. The molecule has 0 aromatic heterocycles. The number of ketones is 1. The van der Waals surface area contributed by atoms with Gasteiger partial charge in [0.1, 0.15) is 5.82 Å². The smallest absolute Gasteiger partial charge is 0.240 e. The monoisotopic (exact) mass is 369 g/mol. The van der Waals surface area contributed by atoms with E-state index < -0.39 is 11.1 Å². The van der Waals surface area contributed by atoms with E-state index in [4.69, 9.17) is 0 Å². The number of amides is 1. The van der Waals surface area contributed by atoms with Gasteiger partial charge in [-0.05, 0) is 36.8 Å². The Hall–Kier alpha value is -2.80. The average Bonchev–Trinajstić information content (AvgIpc) is 3.00. The standard InChI is InChI=1S/C19H16FN3O2S/c1-12(13-5-3-2-4-6-13)22-23-19-21-18(25)17(26-19)11-16(24)14-7-9-15(20)10-8-14/h2-10,17H,11H2,1H3,(H,21,23,25)/b22-12+. The van der Waals surface area contributed by atoms with Crippen molar-refractivity contribution in [3.63, 3.8) is 0 Å². The molecule has 1 aliphatic heterocycles. The minimum atomic E-state index is -0.571. The summed E-state index contributed by atoms with van der Waals surface area (Å²) in [5.74, 6) is -0.907. The lowest BCUT2D eigenvalue weighted by molar-refractivity contribution is -0.118. The van der Waals surface area contributed by atoms with Crippen LogP contribution in [0.1, 0.15) is 29.3 Å². The van der Waals surface area contributed by atoms with Gasteiger partial charge in [-0.25, -0.2) is 4.39 Å². The van der Waals surface area contributed by atoms with E-state index in [9.17, 15) is 14.0 Å². The van der Waals surface area contributed by atoms with Crippen molar-refractivity contribution in [2.45, 2.75) is 18.6 Å². The number of benzene rings is 2. The number of carbonyl (C=O) groups excluding carboxylic acids is 2. The molecule has 0 spiro atoms. The van der Waals surface area contributed by atoms with Crippen molar-refractivity contribution in [2.75, 3.05) is 0 Å². The fraction of sp³-hybridized carbons (Fsp3) is 0.158. The van der Waals surface area contributed by atoms with Crippen LogP contribution in [0.15, 0.2) is 64.8 Å². The molecule has 1 fully saturated rings. The molecule has 1 atom stereocenters. The van der Waals surface area contributed by atoms with Crippen molar-refractivity contribution < 1.29 is 14.0 Å². The third-order valence-electron chi connectivity index (χ3n) is 3.80. The highest BCUT2D eigenvalue weighted by molar-refractivity contribution is 8.15. The zero-order chi connectivity index (χ0) is 18.5. The Balaban J connectivity index is 1.65. The highest BCUT2D eigenvalue weighted by Gasteiger charge is 2.32. The van der Waals surface area contributed by atoms with Crippen molar-refractivity contribution in [3.05, 3.63) is 71.5 Å². The van der Waals surface area contributed by atoms with E-state index >= 15 is 0 Å². The largest absolute Gasteiger partial charge is 0.303 e. The molecular weight excluding hydrogens is 353 g/mol. The second kappa shape index (κ2) is 8.05. The van der Waals surface area contributed by atoms with Gasteiger partial charge in [-0.15, -0.1) is 5.10 Å². The Morgan fingerprint density at radius 3 is 2.50 bits per heavy atom. The van der Waals surface area contributed by atoms with E-state index in [1.165, 1.54) is 36.0 Å². The summed E-state index contributed by atoms with van der Waals surface area (Å²) in [6, 6.07) is 14.8. The number of nitrogens with one attached hydrogen (secondary N) is 1. The van der Waals surface area contributed by atoms with Crippen molar-refractivity contribution in [1.82, 2.24) is 5.32 Å². The summed E-state index contributed by atoms with van der Waals surface area (Å²) in [5, 5.41) is 10.6. The van der Waals surface area contributed by atoms with Gasteiger partial charge in [0.25, 0.3) is 0 Å². The van der Waals surface area contributed by atoms with Crippen LogP contribution in [0.3, 0.4) is 0 Å². The summed E-state index contributed by atoms with van der Waals surface area (Å²) in [4.78, 5) is 24.3. The fourth-order valence-electron chi connectivity index (χ4n) is 2.37. The second-order valence-electron chi connectivity index (χ2n) is 5.69. The average molecular weight is 369 g/mol. The molecule has 2 aromatic carbocycles. The van der Waals surface area contributed by atoms with Crippen molar-refractivity contribution in [2.24, 2.45) is 10.2 Å². The predicted octanol–water partition coefficient (Wildman–Crippen LogP) is 3.41. The molecular formula is C19H16FN3O2S. The number of nitrogens with zero attached hydrogens (tertiary/aromatic N) is 2. The first kappa shape index (κ1) is 18.0. The number of amidine groups is 1. The molecule has 132 valence electrons. The minimum Gasteiger partial charge on any atom is -0.303 e. The van der Waals surface area contributed by atoms with Gasteiger partial charge >= 0.3 is 0 Å². The first-order valence-electron chi connectivity index (χ1n) is 7.97. The number of Topliss-reactive ketones (excluding diaryl/α,β-unsaturated/α-hetero) is 1. The van der Waals surface area contributed by atoms with E-state index in [2.05, 4.69) is 15.5 Å². The van der Waals surface area contributed by atoms with E-state index in [-0.39, 0.29) is 18.1 Å². The maximum Gasteiger partial charge on any atom is 0.240 e. The van der Waals surface area contributed by atoms with Crippen LogP contribution in [0.5, 0.6) is 0 Å². The van der Waals surface area contributed by atoms with Gasteiger partial charge in [0.05, 0.1) is 11.0 Å². The highest BCUT2D eigenvalue weighted by atomic mass is 32.2. The molecule has 1 unspecified atom stereocenters. The van der Waals surface area contributed by atoms with Gasteiger partial charge in [0, 0.05) is 12.0 Å². The van der Waals surface area contributed by atoms with Gasteiger partial charge in [-0.1, -0.05) is 42.1 Å². The molecule has 1 heterocycles. The van der Waals surface area contributed by atoms with E-state index in [1.807, 2.05) is 37.3 Å². The lowest BCUT2D eigenvalue weighted by Crippen LogP contribution is -2.26. The molecule has 2 aromatic rings. The number of rotatable bonds is 5. The number of carbonyl (C=O) groups is 2. The van der Waals surface area contributed by atoms with E-state index in [1.54, 1.807) is 0 Å². The fourth-order valence-corrected chi connectivity index (χ4v) is 3.28. The van der Waals surface area contributed by atoms with Crippen LogP contribution >= 0.6 is 11.8 Å². The van der Waals surface area contributed by atoms with E-state index in [0.29, 0.717) is 10.7 Å². The summed E-state index contributed by atoms with van der Waals surface area (Å²) < 4.78 is 12.9. The topological polar surface area (TPSA) is 70.9 Å². The van der Waals surface area contributed by atoms with E-state index in [0.717, 1.165) is 11.3 Å². The predicted molar refractivity (Wildman–Crippen MR) is 101 cm³/mol. The van der Waals surface area contributed by atoms with Crippen LogP contribution in [0.2, 0.25) is 0 Å². The van der Waals surface area contributed by atoms with Gasteiger partial charge in [0.2, 0.25) is 5.91 Å². The molecule has 7 heteroatoms. The maximum absolute atomic E-state index is 12.9. The minimum absolute atomic E-state index is 0.0164. The molecule has 0 radical (unpaired) electrons. The maximum atomic E-state index is 12.9. The van der Waals surface area contributed by atoms with Gasteiger partial charge in [0.15, 0.2) is 11.0 Å². The third-order valence-corrected chi connectivity index (χ3v) is 4.87. The Morgan fingerprint density at radius 1 is 1.12 bits per heavy atom. The zero-order valence-electron chi connectivity index (χ0n) is 14.0. The lowest BCUT2D eigenvalue weighted by atomic mass is 10.1. The molecule has 5 nitrogen and oxygen atoms in total. The molecule has 1 amide bonds. The van der Waals surface area contributed by atoms with Gasteiger partial charge in [-0.2, -0.15) is 5.10 Å². The van der Waals surface area contributed by atoms with Crippen LogP contribution in [0, 0.1) is 5.82 Å². The van der Waals surface area contributed by atoms with Crippen molar-refractivity contribution >= 4 is 34.3 Å². The molecule has 1 saturated heterocycles. The van der Waals surface area contributed by atoms with Gasteiger partial charge < -0.3 is 5.32 Å². The molecule has 0 aliphatic carbocycles. The van der Waals surface area contributed by atoms with Gasteiger partial charge in [-0.3, -0.25) is 9.59 Å². The normalized spacial score (nSPS) is 18.8. The lowest BCUT2D eigenvalue weighted by Gasteiger charge is -2.04. The Morgan fingerprint density at radius 2 is 1.81 bits per heavy atom. The van der Waals surface area contributed by atoms with Crippen LogP contribution in [-0.2, 0) is 4.79 Å². The highest BCUT2D eigenvalue weighted by Crippen LogP contribution is 2.24. The molecule has 1 aliphatic rings. The van der Waals surface area contributed by atoms with Crippen LogP contribution in [-0.4, -0.2) is 27.8 Å². The molecule has 3 rings (SSSR count). The van der Waals surface area contributed by atoms with Crippen LogP contribution in [0.4, 0.5) is 4.39 Å². The zero-order valence-corrected chi connectivity index (χ0v) is 14.8. The van der Waals surface area contributed by atoms with Crippen LogP contribution in [0.25, 0.3) is 0 Å². The summed E-state index contributed by atoms with van der Waals surface area (Å²) in [7, 11) is 0. The summed E-state index contributed by atoms with van der Waals surface area (Å²) in [6.07, 6.45) is 0.0164. The second-order valence-corrected chi connectivity index (χ2v) is 6.88. The first-order chi connectivity index (χ1) is 12.5. The molecule has 0 bridgehead atoms. The number of hydrogen-bond acceptors (Lipinski definition) is 5. The number of halogens is 1. The molecule has 0 saturated carbocycles. The summed E-state index contributed by atoms with van der Waals surface area (Å²) in [5.41, 5.74) is 2.04. The third kappa shape index (κ3) is 4.43. The molecule has 26 heavy (non-hydrogen) atoms. The van der Waals surface area contributed by atoms with Crippen LogP contribution < -0.4 is 5.32 Å². The molecule has 1 N–H and O–H groups in total. The summed E-state index contributed by atoms with van der Waals surface area (Å²) in [6.45, 7) is 1.83. The Bertz CT molecular complexity index is 879. The van der Waals surface area contributed by atoms with Crippen molar-refractivity contribution in [3.8, 4) is 0 Å². The van der Waals surface area contributed by atoms with Crippen molar-refractivity contribution in [1.29, 1.82) is 0 Å². The Kier molecular flexibility index (Phi) is 5.58. The first-order valence-corrected chi connectivity index (χ1v) is 8.85. The number of hydrogen-bond donors (Lipinski definition) is 1. The Labute approximate surface area is 154 Å². The SMILES string of the molecule is C/C(=N\N=C1/NC(=O)C(CC(=O)c2ccc(F)cc2)S1)c1ccccc1. The number of thioether (sulfide) groups is 1.